The van der Waals surface area contributed by atoms with E-state index in [4.69, 9.17) is 0 Å². The van der Waals surface area contributed by atoms with Gasteiger partial charge in [-0.1, -0.05) is 6.07 Å². The molecule has 1 N–H and O–H groups in total. The van der Waals surface area contributed by atoms with E-state index >= 15 is 0 Å². The Hall–Kier alpha value is -2.04. The Morgan fingerprint density at radius 3 is 2.72 bits per heavy atom. The van der Waals surface area contributed by atoms with Gasteiger partial charge in [-0.3, -0.25) is 9.59 Å². The number of hydrogen-bond acceptors (Lipinski definition) is 3. The quantitative estimate of drug-likeness (QED) is 0.833. The molecule has 0 spiro atoms. The van der Waals surface area contributed by atoms with Crippen molar-refractivity contribution >= 4 is 23.2 Å². The highest BCUT2D eigenvalue weighted by molar-refractivity contribution is 6.06. The zero-order valence-corrected chi connectivity index (χ0v) is 10.8. The number of amides is 2. The predicted octanol–water partition coefficient (Wildman–Crippen LogP) is 0.604. The van der Waals surface area contributed by atoms with E-state index in [2.05, 4.69) is 5.32 Å². The first-order chi connectivity index (χ1) is 8.49. The molecular weight excluding hydrogens is 230 g/mol. The molecule has 1 saturated heterocycles. The zero-order valence-electron chi connectivity index (χ0n) is 10.8. The van der Waals surface area contributed by atoms with Crippen molar-refractivity contribution in [3.8, 4) is 0 Å². The van der Waals surface area contributed by atoms with Gasteiger partial charge < -0.3 is 15.1 Å². The molecule has 2 rings (SSSR count). The Bertz CT molecular complexity index is 485. The summed E-state index contributed by atoms with van der Waals surface area (Å²) in [6, 6.07) is 7.13. The summed E-state index contributed by atoms with van der Waals surface area (Å²) in [4.78, 5) is 27.0. The second-order valence-electron chi connectivity index (χ2n) is 4.63. The molecule has 1 aromatic carbocycles. The number of carbonyl (C=O) groups is 2. The Balaban J connectivity index is 2.32. The first kappa shape index (κ1) is 12.4. The van der Waals surface area contributed by atoms with E-state index < -0.39 is 6.04 Å². The van der Waals surface area contributed by atoms with Crippen molar-refractivity contribution in [1.82, 2.24) is 5.32 Å². The largest absolute Gasteiger partial charge is 0.378 e. The molecule has 1 unspecified atom stereocenters. The van der Waals surface area contributed by atoms with E-state index in [1.165, 1.54) is 4.90 Å². The molecule has 18 heavy (non-hydrogen) atoms. The van der Waals surface area contributed by atoms with Gasteiger partial charge in [0, 0.05) is 25.5 Å². The summed E-state index contributed by atoms with van der Waals surface area (Å²) in [7, 11) is 3.87. The molecule has 5 heteroatoms. The van der Waals surface area contributed by atoms with Crippen LogP contribution in [0.3, 0.4) is 0 Å². The maximum absolute atomic E-state index is 12.1. The summed E-state index contributed by atoms with van der Waals surface area (Å²) >= 11 is 0. The van der Waals surface area contributed by atoms with Crippen LogP contribution in [-0.4, -0.2) is 38.5 Å². The maximum atomic E-state index is 12.1. The van der Waals surface area contributed by atoms with Gasteiger partial charge in [0.15, 0.2) is 0 Å². The Kier molecular flexibility index (Phi) is 3.23. The first-order valence-corrected chi connectivity index (χ1v) is 5.87. The Morgan fingerprint density at radius 2 is 2.06 bits per heavy atom. The molecule has 0 aliphatic carbocycles. The van der Waals surface area contributed by atoms with Crippen LogP contribution in [0.5, 0.6) is 0 Å². The van der Waals surface area contributed by atoms with Gasteiger partial charge >= 0.3 is 0 Å². The van der Waals surface area contributed by atoms with Crippen molar-refractivity contribution in [2.24, 2.45) is 0 Å². The lowest BCUT2D eigenvalue weighted by atomic mass is 10.1. The van der Waals surface area contributed by atoms with Crippen LogP contribution in [0.1, 0.15) is 6.92 Å². The lowest BCUT2D eigenvalue weighted by molar-refractivity contribution is -0.130. The standard InChI is InChI=1S/C13H17N3O2/c1-9-13(18)16(8-12(17)14-9)11-6-4-5-10(7-11)15(2)3/h4-7,9H,8H2,1-3H3,(H,14,17). The molecule has 0 saturated carbocycles. The molecule has 1 aliphatic rings. The van der Waals surface area contributed by atoms with E-state index in [-0.39, 0.29) is 18.4 Å². The Morgan fingerprint density at radius 1 is 1.33 bits per heavy atom. The van der Waals surface area contributed by atoms with Crippen LogP contribution in [0, 0.1) is 0 Å². The Labute approximate surface area is 106 Å². The van der Waals surface area contributed by atoms with E-state index in [9.17, 15) is 9.59 Å². The van der Waals surface area contributed by atoms with Gasteiger partial charge in [0.05, 0.1) is 0 Å². The highest BCUT2D eigenvalue weighted by Crippen LogP contribution is 2.22. The number of nitrogens with one attached hydrogen (secondary N) is 1. The summed E-state index contributed by atoms with van der Waals surface area (Å²) in [5, 5.41) is 2.63. The molecule has 0 aromatic heterocycles. The second-order valence-corrected chi connectivity index (χ2v) is 4.63. The summed E-state index contributed by atoms with van der Waals surface area (Å²) in [5.41, 5.74) is 1.76. The normalized spacial score (nSPS) is 19.7. The van der Waals surface area contributed by atoms with Gasteiger partial charge in [-0.25, -0.2) is 0 Å². The lowest BCUT2D eigenvalue weighted by Gasteiger charge is -2.31. The van der Waals surface area contributed by atoms with E-state index in [0.29, 0.717) is 0 Å². The molecule has 5 nitrogen and oxygen atoms in total. The van der Waals surface area contributed by atoms with Crippen LogP contribution < -0.4 is 15.1 Å². The zero-order chi connectivity index (χ0) is 13.3. The molecule has 1 aromatic rings. The fourth-order valence-corrected chi connectivity index (χ4v) is 1.96. The SMILES string of the molecule is CC1NC(=O)CN(c2cccc(N(C)C)c2)C1=O. The van der Waals surface area contributed by atoms with Gasteiger partial charge in [-0.2, -0.15) is 0 Å². The number of benzene rings is 1. The minimum absolute atomic E-state index is 0.0782. The molecule has 2 amide bonds. The number of anilines is 2. The van der Waals surface area contributed by atoms with Crippen LogP contribution in [0.25, 0.3) is 0 Å². The van der Waals surface area contributed by atoms with Crippen molar-refractivity contribution in [2.75, 3.05) is 30.4 Å². The average molecular weight is 247 g/mol. The smallest absolute Gasteiger partial charge is 0.249 e. The molecule has 0 bridgehead atoms. The van der Waals surface area contributed by atoms with Crippen molar-refractivity contribution in [1.29, 1.82) is 0 Å². The molecule has 1 fully saturated rings. The van der Waals surface area contributed by atoms with Crippen molar-refractivity contribution in [3.05, 3.63) is 24.3 Å². The number of piperazine rings is 1. The highest BCUT2D eigenvalue weighted by Gasteiger charge is 2.30. The van der Waals surface area contributed by atoms with Gasteiger partial charge in [-0.05, 0) is 25.1 Å². The fraction of sp³-hybridized carbons (Fsp3) is 0.385. The fourth-order valence-electron chi connectivity index (χ4n) is 1.96. The summed E-state index contributed by atoms with van der Waals surface area (Å²) in [6.45, 7) is 1.78. The number of hydrogen-bond donors (Lipinski definition) is 1. The van der Waals surface area contributed by atoms with Crippen molar-refractivity contribution in [2.45, 2.75) is 13.0 Å². The molecule has 1 aliphatic heterocycles. The summed E-state index contributed by atoms with van der Waals surface area (Å²) < 4.78 is 0. The monoisotopic (exact) mass is 247 g/mol. The van der Waals surface area contributed by atoms with Crippen molar-refractivity contribution < 1.29 is 9.59 Å². The molecule has 1 heterocycles. The van der Waals surface area contributed by atoms with Crippen LogP contribution >= 0.6 is 0 Å². The minimum Gasteiger partial charge on any atom is -0.378 e. The number of carbonyl (C=O) groups excluding carboxylic acids is 2. The average Bonchev–Trinajstić information content (AvgIpc) is 2.34. The van der Waals surface area contributed by atoms with E-state index in [1.54, 1.807) is 6.92 Å². The number of rotatable bonds is 2. The topological polar surface area (TPSA) is 52.7 Å². The van der Waals surface area contributed by atoms with Crippen LogP contribution in [0.2, 0.25) is 0 Å². The van der Waals surface area contributed by atoms with Crippen LogP contribution in [0.15, 0.2) is 24.3 Å². The molecule has 1 atom stereocenters. The van der Waals surface area contributed by atoms with E-state index in [0.717, 1.165) is 11.4 Å². The van der Waals surface area contributed by atoms with Gasteiger partial charge in [-0.15, -0.1) is 0 Å². The highest BCUT2D eigenvalue weighted by atomic mass is 16.2. The van der Waals surface area contributed by atoms with Gasteiger partial charge in [0.1, 0.15) is 12.6 Å². The third kappa shape index (κ3) is 2.30. The van der Waals surface area contributed by atoms with Crippen LogP contribution in [-0.2, 0) is 9.59 Å². The third-order valence-corrected chi connectivity index (χ3v) is 2.97. The molecule has 96 valence electrons. The van der Waals surface area contributed by atoms with Gasteiger partial charge in [0.25, 0.3) is 0 Å². The van der Waals surface area contributed by atoms with Gasteiger partial charge in [0.2, 0.25) is 11.8 Å². The summed E-state index contributed by atoms with van der Waals surface area (Å²) in [5.74, 6) is -0.206. The molecular formula is C13H17N3O2. The summed E-state index contributed by atoms with van der Waals surface area (Å²) in [6.07, 6.45) is 0. The lowest BCUT2D eigenvalue weighted by Crippen LogP contribution is -2.57. The molecule has 0 radical (unpaired) electrons. The first-order valence-electron chi connectivity index (χ1n) is 5.87. The number of nitrogens with zero attached hydrogens (tertiary/aromatic N) is 2. The second kappa shape index (κ2) is 4.68. The van der Waals surface area contributed by atoms with E-state index in [1.807, 2.05) is 43.3 Å². The predicted molar refractivity (Wildman–Crippen MR) is 70.7 cm³/mol. The maximum Gasteiger partial charge on any atom is 0.249 e. The minimum atomic E-state index is -0.464. The third-order valence-electron chi connectivity index (χ3n) is 2.97. The van der Waals surface area contributed by atoms with Crippen LogP contribution in [0.4, 0.5) is 11.4 Å². The van der Waals surface area contributed by atoms with Crippen molar-refractivity contribution in [3.63, 3.8) is 0 Å².